The minimum Gasteiger partial charge on any atom is -0.384 e. The summed E-state index contributed by atoms with van der Waals surface area (Å²) in [6.45, 7) is 4.33. The molecule has 0 aliphatic carbocycles. The predicted molar refractivity (Wildman–Crippen MR) is 74.4 cm³/mol. The molecule has 17 heavy (non-hydrogen) atoms. The van der Waals surface area contributed by atoms with Crippen molar-refractivity contribution in [3.05, 3.63) is 34.4 Å². The van der Waals surface area contributed by atoms with Gasteiger partial charge in [0.25, 0.3) is 0 Å². The number of rotatable bonds is 4. The normalized spacial score (nSPS) is 11.0. The molecule has 0 saturated heterocycles. The summed E-state index contributed by atoms with van der Waals surface area (Å²) in [5.74, 6) is 1.96. The van der Waals surface area contributed by atoms with Crippen LogP contribution in [0.15, 0.2) is 28.6 Å². The maximum Gasteiger partial charge on any atom is 0.123 e. The molecule has 2 rings (SSSR count). The lowest BCUT2D eigenvalue weighted by atomic mass is 10.2. The quantitative estimate of drug-likeness (QED) is 0.859. The maximum atomic E-state index is 5.54. The Labute approximate surface area is 109 Å². The molecule has 0 atom stereocenters. The van der Waals surface area contributed by atoms with Crippen molar-refractivity contribution < 1.29 is 0 Å². The zero-order valence-electron chi connectivity index (χ0n) is 9.88. The Balaban J connectivity index is 1.95. The molecular formula is C12H15N3S2. The number of thioether (sulfide) groups is 1. The Hall–Kier alpha value is -1.07. The van der Waals surface area contributed by atoms with Gasteiger partial charge in [-0.3, -0.25) is 0 Å². The summed E-state index contributed by atoms with van der Waals surface area (Å²) in [6, 6.07) is 3.81. The van der Waals surface area contributed by atoms with Crippen molar-refractivity contribution in [2.75, 3.05) is 5.73 Å². The van der Waals surface area contributed by atoms with E-state index in [-0.39, 0.29) is 0 Å². The first kappa shape index (κ1) is 12.4. The van der Waals surface area contributed by atoms with Gasteiger partial charge in [0, 0.05) is 28.1 Å². The molecule has 0 radical (unpaired) electrons. The van der Waals surface area contributed by atoms with Crippen molar-refractivity contribution in [1.82, 2.24) is 9.97 Å². The molecule has 2 heterocycles. The Kier molecular flexibility index (Phi) is 4.02. The van der Waals surface area contributed by atoms with Gasteiger partial charge in [0.15, 0.2) is 0 Å². The second-order valence-electron chi connectivity index (χ2n) is 4.04. The summed E-state index contributed by atoms with van der Waals surface area (Å²) in [5, 5.41) is 3.34. The van der Waals surface area contributed by atoms with Crippen molar-refractivity contribution in [2.45, 2.75) is 30.4 Å². The van der Waals surface area contributed by atoms with Crippen molar-refractivity contribution >= 4 is 28.9 Å². The summed E-state index contributed by atoms with van der Waals surface area (Å²) in [5.41, 5.74) is 6.68. The van der Waals surface area contributed by atoms with Crippen LogP contribution in [0.4, 0.5) is 5.82 Å². The second kappa shape index (κ2) is 5.51. The number of thiazole rings is 1. The number of aromatic nitrogens is 2. The molecule has 0 amide bonds. The molecule has 0 aliphatic rings. The van der Waals surface area contributed by atoms with Crippen molar-refractivity contribution in [2.24, 2.45) is 0 Å². The summed E-state index contributed by atoms with van der Waals surface area (Å²) in [6.07, 6.45) is 1.80. The zero-order chi connectivity index (χ0) is 12.3. The van der Waals surface area contributed by atoms with E-state index in [4.69, 9.17) is 5.73 Å². The molecule has 0 aromatic carbocycles. The third-order valence-electron chi connectivity index (χ3n) is 2.21. The van der Waals surface area contributed by atoms with E-state index in [9.17, 15) is 0 Å². The highest BCUT2D eigenvalue weighted by Gasteiger charge is 2.06. The first-order valence-electron chi connectivity index (χ1n) is 5.44. The fraction of sp³-hybridized carbons (Fsp3) is 0.333. The summed E-state index contributed by atoms with van der Waals surface area (Å²) < 4.78 is 0. The molecule has 0 saturated carbocycles. The van der Waals surface area contributed by atoms with Crippen LogP contribution < -0.4 is 5.73 Å². The van der Waals surface area contributed by atoms with Gasteiger partial charge >= 0.3 is 0 Å². The molecule has 90 valence electrons. The number of anilines is 1. The molecule has 0 fully saturated rings. The fourth-order valence-corrected chi connectivity index (χ4v) is 2.98. The third kappa shape index (κ3) is 3.44. The average molecular weight is 265 g/mol. The Morgan fingerprint density at radius 1 is 1.41 bits per heavy atom. The van der Waals surface area contributed by atoms with E-state index in [0.29, 0.717) is 11.7 Å². The van der Waals surface area contributed by atoms with E-state index in [2.05, 4.69) is 29.2 Å². The smallest absolute Gasteiger partial charge is 0.123 e. The zero-order valence-corrected chi connectivity index (χ0v) is 11.5. The van der Waals surface area contributed by atoms with Crippen molar-refractivity contribution in [3.63, 3.8) is 0 Å². The highest BCUT2D eigenvalue weighted by molar-refractivity contribution is 7.98. The van der Waals surface area contributed by atoms with Crippen LogP contribution in [0.25, 0.3) is 0 Å². The Bertz CT molecular complexity index is 477. The van der Waals surface area contributed by atoms with E-state index >= 15 is 0 Å². The van der Waals surface area contributed by atoms with Crippen LogP contribution in [-0.4, -0.2) is 9.97 Å². The van der Waals surface area contributed by atoms with Gasteiger partial charge in [-0.15, -0.1) is 23.1 Å². The molecule has 0 bridgehead atoms. The summed E-state index contributed by atoms with van der Waals surface area (Å²) in [4.78, 5) is 9.78. The number of pyridine rings is 1. The van der Waals surface area contributed by atoms with Gasteiger partial charge < -0.3 is 5.73 Å². The molecule has 2 aromatic heterocycles. The molecule has 2 aromatic rings. The van der Waals surface area contributed by atoms with Crippen LogP contribution in [0.3, 0.4) is 0 Å². The van der Waals surface area contributed by atoms with Crippen LogP contribution in [0.5, 0.6) is 0 Å². The minimum atomic E-state index is 0.511. The maximum absolute atomic E-state index is 5.54. The number of nitrogen functional groups attached to an aromatic ring is 1. The Morgan fingerprint density at radius 2 is 2.24 bits per heavy atom. The lowest BCUT2D eigenvalue weighted by molar-refractivity contribution is 0.846. The van der Waals surface area contributed by atoms with Crippen LogP contribution in [0, 0.1) is 0 Å². The van der Waals surface area contributed by atoms with Gasteiger partial charge in [-0.2, -0.15) is 0 Å². The fourth-order valence-electron chi connectivity index (χ4n) is 1.29. The van der Waals surface area contributed by atoms with Gasteiger partial charge in [0.05, 0.1) is 10.7 Å². The third-order valence-corrected chi connectivity index (χ3v) is 4.42. The monoisotopic (exact) mass is 265 g/mol. The largest absolute Gasteiger partial charge is 0.384 e. The molecule has 2 N–H and O–H groups in total. The molecule has 0 unspecified atom stereocenters. The summed E-state index contributed by atoms with van der Waals surface area (Å²) >= 11 is 3.47. The van der Waals surface area contributed by atoms with E-state index in [1.807, 2.05) is 12.1 Å². The SMILES string of the molecule is CC(C)c1nc(CSc2ccc(N)nc2)cs1. The predicted octanol–water partition coefficient (Wildman–Crippen LogP) is 3.54. The second-order valence-corrected chi connectivity index (χ2v) is 5.98. The number of nitrogens with two attached hydrogens (primary N) is 1. The van der Waals surface area contributed by atoms with Crippen LogP contribution in [0.1, 0.15) is 30.5 Å². The molecule has 0 aliphatic heterocycles. The highest BCUT2D eigenvalue weighted by atomic mass is 32.2. The minimum absolute atomic E-state index is 0.511. The standard InChI is InChI=1S/C12H15N3S2/c1-8(2)12-15-9(7-17-12)6-16-10-3-4-11(13)14-5-10/h3-5,7-8H,6H2,1-2H3,(H2,13,14). The van der Waals surface area contributed by atoms with E-state index in [1.165, 1.54) is 5.01 Å². The molecule has 0 spiro atoms. The summed E-state index contributed by atoms with van der Waals surface area (Å²) in [7, 11) is 0. The van der Waals surface area contributed by atoms with Crippen LogP contribution in [0.2, 0.25) is 0 Å². The van der Waals surface area contributed by atoms with E-state index in [0.717, 1.165) is 16.3 Å². The van der Waals surface area contributed by atoms with Crippen LogP contribution in [-0.2, 0) is 5.75 Å². The van der Waals surface area contributed by atoms with Crippen LogP contribution >= 0.6 is 23.1 Å². The van der Waals surface area contributed by atoms with Gasteiger partial charge in [-0.05, 0) is 12.1 Å². The molecule has 3 nitrogen and oxygen atoms in total. The highest BCUT2D eigenvalue weighted by Crippen LogP contribution is 2.25. The van der Waals surface area contributed by atoms with Gasteiger partial charge in [0.2, 0.25) is 0 Å². The van der Waals surface area contributed by atoms with Gasteiger partial charge in [0.1, 0.15) is 5.82 Å². The van der Waals surface area contributed by atoms with E-state index < -0.39 is 0 Å². The topological polar surface area (TPSA) is 51.8 Å². The van der Waals surface area contributed by atoms with E-state index in [1.54, 1.807) is 29.3 Å². The molecular weight excluding hydrogens is 250 g/mol. The number of hydrogen-bond donors (Lipinski definition) is 1. The lowest BCUT2D eigenvalue weighted by Gasteiger charge is -2.00. The lowest BCUT2D eigenvalue weighted by Crippen LogP contribution is -1.89. The average Bonchev–Trinajstić information content (AvgIpc) is 2.77. The number of hydrogen-bond acceptors (Lipinski definition) is 5. The first-order chi connectivity index (χ1) is 8.15. The van der Waals surface area contributed by atoms with Gasteiger partial charge in [-0.1, -0.05) is 13.8 Å². The van der Waals surface area contributed by atoms with Crippen molar-refractivity contribution in [1.29, 1.82) is 0 Å². The Morgan fingerprint density at radius 3 is 2.82 bits per heavy atom. The van der Waals surface area contributed by atoms with Crippen molar-refractivity contribution in [3.8, 4) is 0 Å². The van der Waals surface area contributed by atoms with Gasteiger partial charge in [-0.25, -0.2) is 9.97 Å². The molecule has 5 heteroatoms. The first-order valence-corrected chi connectivity index (χ1v) is 7.30. The number of nitrogens with zero attached hydrogens (tertiary/aromatic N) is 2.